The molecule has 0 aliphatic carbocycles. The summed E-state index contributed by atoms with van der Waals surface area (Å²) in [6.45, 7) is 14.0. The number of alkyl halides is 3. The number of likely N-dealkylation sites (tertiary alicyclic amines) is 1. The van der Waals surface area contributed by atoms with Crippen molar-refractivity contribution in [1.29, 1.82) is 0 Å². The lowest BCUT2D eigenvalue weighted by Gasteiger charge is -2.36. The Morgan fingerprint density at radius 3 is 2.13 bits per heavy atom. The summed E-state index contributed by atoms with van der Waals surface area (Å²) >= 11 is 0.930. The smallest absolute Gasteiger partial charge is 0.501 e. The van der Waals surface area contributed by atoms with Gasteiger partial charge in [0.1, 0.15) is 23.9 Å². The number of fused-ring (bicyclic) bond motifs is 1. The molecule has 47 heavy (non-hydrogen) atoms. The summed E-state index contributed by atoms with van der Waals surface area (Å²) in [6.07, 6.45) is 2.36. The van der Waals surface area contributed by atoms with E-state index in [0.29, 0.717) is 34.6 Å². The van der Waals surface area contributed by atoms with Crippen LogP contribution in [0.25, 0.3) is 20.5 Å². The number of carbonyl (C=O) groups excluding carboxylic acids is 1. The second kappa shape index (κ2) is 12.9. The van der Waals surface area contributed by atoms with Crippen LogP contribution in [0.15, 0.2) is 65.6 Å². The molecule has 13 heteroatoms. The van der Waals surface area contributed by atoms with Gasteiger partial charge in [0.2, 0.25) is 8.32 Å². The standard InChI is InChI=1S/C34H38F3NO6S2Si/c1-33(2,3)47(4,5)44-25-14-10-23(11-15-25)32-30(29-27(39)20-26(21-28(29)45-32)46(41,42)34(35,36)37)31(40)22-8-12-24(13-9-22)43-19-18-38-16-6-7-17-38/h8-15,20-21,39H,6-7,16-19H2,1-5H3. The highest BCUT2D eigenvalue weighted by molar-refractivity contribution is 7.92. The summed E-state index contributed by atoms with van der Waals surface area (Å²) < 4.78 is 77.0. The van der Waals surface area contributed by atoms with Gasteiger partial charge < -0.3 is 14.3 Å². The average molecular weight is 706 g/mol. The van der Waals surface area contributed by atoms with Gasteiger partial charge in [0, 0.05) is 27.1 Å². The average Bonchev–Trinajstić information content (AvgIpc) is 3.65. The molecule has 1 saturated heterocycles. The fraction of sp³-hybridized carbons (Fsp3) is 0.382. The van der Waals surface area contributed by atoms with Crippen LogP contribution in [0.5, 0.6) is 17.2 Å². The van der Waals surface area contributed by atoms with E-state index in [1.165, 1.54) is 12.8 Å². The topological polar surface area (TPSA) is 93.1 Å². The molecular formula is C34H38F3NO6S2Si. The number of hydrogen-bond donors (Lipinski definition) is 1. The van der Waals surface area contributed by atoms with E-state index in [1.54, 1.807) is 48.5 Å². The van der Waals surface area contributed by atoms with Crippen LogP contribution in [0.4, 0.5) is 13.2 Å². The molecule has 5 rings (SSSR count). The number of thiophene rings is 1. The SMILES string of the molecule is CC(C)(C)[Si](C)(C)Oc1ccc(-c2sc3cc(S(=O)(=O)C(F)(F)F)cc(O)c3c2C(=O)c2ccc(OCCN3CCCC3)cc2)cc1. The van der Waals surface area contributed by atoms with Gasteiger partial charge in [0.05, 0.1) is 10.5 Å². The van der Waals surface area contributed by atoms with Crippen LogP contribution in [-0.2, 0) is 9.84 Å². The Morgan fingerprint density at radius 1 is 0.957 bits per heavy atom. The largest absolute Gasteiger partial charge is 0.544 e. The first kappa shape index (κ1) is 34.9. The number of carbonyl (C=O) groups is 1. The quantitative estimate of drug-likeness (QED) is 0.130. The molecule has 0 spiro atoms. The maximum absolute atomic E-state index is 14.1. The summed E-state index contributed by atoms with van der Waals surface area (Å²) in [5.74, 6) is -0.0107. The fourth-order valence-electron chi connectivity index (χ4n) is 5.16. The third-order valence-electron chi connectivity index (χ3n) is 8.87. The van der Waals surface area contributed by atoms with Crippen LogP contribution in [-0.4, -0.2) is 64.3 Å². The fourth-order valence-corrected chi connectivity index (χ4v) is 8.34. The molecule has 0 bridgehead atoms. The molecule has 1 fully saturated rings. The number of phenolic OH excluding ortho intramolecular Hbond substituents is 1. The van der Waals surface area contributed by atoms with Crippen molar-refractivity contribution in [2.75, 3.05) is 26.2 Å². The van der Waals surface area contributed by atoms with Crippen molar-refractivity contribution < 1.29 is 40.7 Å². The zero-order valence-corrected chi connectivity index (χ0v) is 29.5. The summed E-state index contributed by atoms with van der Waals surface area (Å²) in [4.78, 5) is 15.7. The van der Waals surface area contributed by atoms with Crippen LogP contribution in [0.3, 0.4) is 0 Å². The van der Waals surface area contributed by atoms with Crippen LogP contribution < -0.4 is 9.16 Å². The predicted molar refractivity (Wildman–Crippen MR) is 181 cm³/mol. The molecule has 1 aliphatic rings. The molecule has 252 valence electrons. The first-order chi connectivity index (χ1) is 21.9. The Hall–Kier alpha value is -3.39. The van der Waals surface area contributed by atoms with E-state index < -0.39 is 40.1 Å². The molecule has 4 aromatic rings. The lowest BCUT2D eigenvalue weighted by molar-refractivity contribution is -0.0436. The Labute approximate surface area is 278 Å². The minimum Gasteiger partial charge on any atom is -0.544 e. The number of ketones is 1. The van der Waals surface area contributed by atoms with Crippen LogP contribution in [0.1, 0.15) is 49.5 Å². The van der Waals surface area contributed by atoms with E-state index in [4.69, 9.17) is 9.16 Å². The van der Waals surface area contributed by atoms with E-state index in [1.807, 2.05) is 0 Å². The normalized spacial score (nSPS) is 14.9. The molecule has 1 aliphatic heterocycles. The third-order valence-corrected chi connectivity index (χ3v) is 15.9. The summed E-state index contributed by atoms with van der Waals surface area (Å²) in [7, 11) is -7.91. The molecule has 0 saturated carbocycles. The zero-order chi connectivity index (χ0) is 34.4. The minimum absolute atomic E-state index is 0.0228. The van der Waals surface area contributed by atoms with Crippen LogP contribution in [0, 0.1) is 0 Å². The predicted octanol–water partition coefficient (Wildman–Crippen LogP) is 8.66. The van der Waals surface area contributed by atoms with Crippen LogP contribution in [0.2, 0.25) is 18.1 Å². The summed E-state index contributed by atoms with van der Waals surface area (Å²) in [5, 5.41) is 10.9. The van der Waals surface area contributed by atoms with Crippen LogP contribution >= 0.6 is 11.3 Å². The number of nitrogens with zero attached hydrogens (tertiary/aromatic N) is 1. The molecule has 2 heterocycles. The Morgan fingerprint density at radius 2 is 1.55 bits per heavy atom. The van der Waals surface area contributed by atoms with Crippen molar-refractivity contribution in [3.8, 4) is 27.7 Å². The Balaban J connectivity index is 1.54. The Bertz CT molecular complexity index is 1870. The first-order valence-corrected chi connectivity index (χ1v) is 20.5. The zero-order valence-electron chi connectivity index (χ0n) is 26.9. The van der Waals surface area contributed by atoms with Crippen molar-refractivity contribution in [2.45, 2.75) is 62.1 Å². The monoisotopic (exact) mass is 705 g/mol. The van der Waals surface area contributed by atoms with Crippen molar-refractivity contribution >= 4 is 45.4 Å². The highest BCUT2D eigenvalue weighted by Crippen LogP contribution is 2.46. The lowest BCUT2D eigenvalue weighted by Crippen LogP contribution is -2.43. The second-order valence-corrected chi connectivity index (χ2v) is 20.9. The summed E-state index contributed by atoms with van der Waals surface area (Å²) in [6, 6.07) is 15.0. The van der Waals surface area contributed by atoms with Gasteiger partial charge in [-0.05, 0) is 110 Å². The van der Waals surface area contributed by atoms with Gasteiger partial charge >= 0.3 is 5.51 Å². The molecule has 0 radical (unpaired) electrons. The molecule has 0 amide bonds. The van der Waals surface area contributed by atoms with Crippen molar-refractivity contribution in [1.82, 2.24) is 4.90 Å². The molecule has 7 nitrogen and oxygen atoms in total. The van der Waals surface area contributed by atoms with Crippen molar-refractivity contribution in [3.63, 3.8) is 0 Å². The number of halogens is 3. The van der Waals surface area contributed by atoms with Gasteiger partial charge in [-0.3, -0.25) is 9.69 Å². The number of hydrogen-bond acceptors (Lipinski definition) is 8. The van der Waals surface area contributed by atoms with Crippen molar-refractivity contribution in [2.24, 2.45) is 0 Å². The molecular weight excluding hydrogens is 668 g/mol. The maximum atomic E-state index is 14.1. The number of sulfone groups is 1. The number of rotatable bonds is 10. The van der Waals surface area contributed by atoms with E-state index in [9.17, 15) is 31.5 Å². The molecule has 1 N–H and O–H groups in total. The highest BCUT2D eigenvalue weighted by Gasteiger charge is 2.47. The third kappa shape index (κ3) is 7.23. The number of ether oxygens (including phenoxy) is 1. The van der Waals surface area contributed by atoms with E-state index in [-0.39, 0.29) is 26.3 Å². The first-order valence-electron chi connectivity index (χ1n) is 15.3. The van der Waals surface area contributed by atoms with Gasteiger partial charge in [-0.25, -0.2) is 8.42 Å². The van der Waals surface area contributed by atoms with Gasteiger partial charge in [0.15, 0.2) is 5.78 Å². The number of aromatic hydroxyl groups is 1. The van der Waals surface area contributed by atoms with Gasteiger partial charge in [0.25, 0.3) is 9.84 Å². The van der Waals surface area contributed by atoms with Gasteiger partial charge in [-0.2, -0.15) is 13.2 Å². The molecule has 1 aromatic heterocycles. The lowest BCUT2D eigenvalue weighted by atomic mass is 9.97. The number of benzene rings is 3. The van der Waals surface area contributed by atoms with Crippen molar-refractivity contribution in [3.05, 3.63) is 71.8 Å². The molecule has 0 unspecified atom stereocenters. The van der Waals surface area contributed by atoms with E-state index >= 15 is 0 Å². The summed E-state index contributed by atoms with van der Waals surface area (Å²) in [5.41, 5.74) is -4.69. The Kier molecular flexibility index (Phi) is 9.59. The molecule has 0 atom stereocenters. The second-order valence-electron chi connectivity index (χ2n) is 13.2. The van der Waals surface area contributed by atoms with Gasteiger partial charge in [-0.15, -0.1) is 11.3 Å². The van der Waals surface area contributed by atoms with E-state index in [0.717, 1.165) is 37.0 Å². The maximum Gasteiger partial charge on any atom is 0.501 e. The highest BCUT2D eigenvalue weighted by atomic mass is 32.2. The minimum atomic E-state index is -5.75. The molecule has 3 aromatic carbocycles. The van der Waals surface area contributed by atoms with E-state index in [2.05, 4.69) is 38.8 Å². The number of phenols is 1. The van der Waals surface area contributed by atoms with Gasteiger partial charge in [-0.1, -0.05) is 20.8 Å².